The highest BCUT2D eigenvalue weighted by atomic mass is 16.2. The molecule has 0 radical (unpaired) electrons. The summed E-state index contributed by atoms with van der Waals surface area (Å²) in [5, 5.41) is 7.85. The van der Waals surface area contributed by atoms with Crippen LogP contribution < -0.4 is 4.90 Å². The number of anilines is 1. The van der Waals surface area contributed by atoms with Gasteiger partial charge in [-0.2, -0.15) is 0 Å². The van der Waals surface area contributed by atoms with Crippen molar-refractivity contribution < 1.29 is 4.79 Å². The molecule has 3 aromatic heterocycles. The number of carbonyl (C=O) groups excluding carboxylic acids is 1. The molecule has 5 rings (SSSR count). The SMILES string of the molecule is Cc1cc(C)nc(N2CC3CCN(C(=O)c4ncccc4-n4ccnn4)CC32)n1. The normalized spacial score (nSPS) is 20.9. The van der Waals surface area contributed by atoms with Crippen LogP contribution in [0.4, 0.5) is 5.95 Å². The van der Waals surface area contributed by atoms with Crippen LogP contribution in [0.1, 0.15) is 28.3 Å². The van der Waals surface area contributed by atoms with E-state index in [1.807, 2.05) is 30.9 Å². The number of aromatic nitrogens is 6. The van der Waals surface area contributed by atoms with Crippen molar-refractivity contribution in [3.63, 3.8) is 0 Å². The molecular weight excluding hydrogens is 368 g/mol. The molecule has 2 unspecified atom stereocenters. The number of likely N-dealkylation sites (tertiary alicyclic amines) is 1. The van der Waals surface area contributed by atoms with E-state index in [9.17, 15) is 4.79 Å². The van der Waals surface area contributed by atoms with Gasteiger partial charge in [-0.15, -0.1) is 5.10 Å². The molecule has 0 saturated carbocycles. The third kappa shape index (κ3) is 3.12. The number of hydrogen-bond acceptors (Lipinski definition) is 7. The molecule has 2 saturated heterocycles. The van der Waals surface area contributed by atoms with Crippen LogP contribution in [0, 0.1) is 19.8 Å². The van der Waals surface area contributed by atoms with Gasteiger partial charge in [0.05, 0.1) is 24.1 Å². The van der Waals surface area contributed by atoms with Crippen LogP contribution in [0.3, 0.4) is 0 Å². The van der Waals surface area contributed by atoms with Gasteiger partial charge in [-0.1, -0.05) is 5.21 Å². The zero-order chi connectivity index (χ0) is 20.0. The van der Waals surface area contributed by atoms with Crippen LogP contribution >= 0.6 is 0 Å². The van der Waals surface area contributed by atoms with Crippen LogP contribution in [-0.4, -0.2) is 66.4 Å². The van der Waals surface area contributed by atoms with E-state index in [0.717, 1.165) is 36.8 Å². The second kappa shape index (κ2) is 6.91. The lowest BCUT2D eigenvalue weighted by Gasteiger charge is -2.53. The molecule has 0 spiro atoms. The van der Waals surface area contributed by atoms with E-state index < -0.39 is 0 Å². The fourth-order valence-electron chi connectivity index (χ4n) is 4.28. The summed E-state index contributed by atoms with van der Waals surface area (Å²) in [7, 11) is 0. The van der Waals surface area contributed by atoms with Gasteiger partial charge >= 0.3 is 0 Å². The van der Waals surface area contributed by atoms with Gasteiger partial charge in [-0.25, -0.2) is 19.6 Å². The predicted octanol–water partition coefficient (Wildman–Crippen LogP) is 1.42. The van der Waals surface area contributed by atoms with Gasteiger partial charge in [-0.05, 0) is 38.5 Å². The minimum atomic E-state index is -0.0808. The molecule has 29 heavy (non-hydrogen) atoms. The Kier molecular flexibility index (Phi) is 4.22. The van der Waals surface area contributed by atoms with Crippen LogP contribution in [0.25, 0.3) is 5.69 Å². The van der Waals surface area contributed by atoms with Crippen molar-refractivity contribution in [1.82, 2.24) is 34.8 Å². The first kappa shape index (κ1) is 17.7. The standard InChI is InChI=1S/C20H22N8O/c1-13-10-14(2)24-20(23-13)27-11-15-5-8-26(12-17(15)27)19(29)18-16(4-3-6-21-18)28-9-7-22-25-28/h3-4,6-7,9-10,15,17H,5,8,11-12H2,1-2H3. The lowest BCUT2D eigenvalue weighted by atomic mass is 9.82. The first-order chi connectivity index (χ1) is 14.1. The second-order valence-electron chi connectivity index (χ2n) is 7.69. The topological polar surface area (TPSA) is 92.9 Å². The number of carbonyl (C=O) groups is 1. The second-order valence-corrected chi connectivity index (χ2v) is 7.69. The quantitative estimate of drug-likeness (QED) is 0.668. The number of aryl methyl sites for hydroxylation is 2. The van der Waals surface area contributed by atoms with Crippen molar-refractivity contribution in [3.05, 3.63) is 53.9 Å². The molecule has 0 aromatic carbocycles. The van der Waals surface area contributed by atoms with Crippen molar-refractivity contribution in [2.45, 2.75) is 26.3 Å². The molecule has 3 aromatic rings. The van der Waals surface area contributed by atoms with Crippen molar-refractivity contribution in [3.8, 4) is 5.69 Å². The number of fused-ring (bicyclic) bond motifs is 1. The zero-order valence-corrected chi connectivity index (χ0v) is 16.4. The highest BCUT2D eigenvalue weighted by molar-refractivity contribution is 5.95. The molecule has 9 nitrogen and oxygen atoms in total. The largest absolute Gasteiger partial charge is 0.335 e. The third-order valence-electron chi connectivity index (χ3n) is 5.73. The summed E-state index contributed by atoms with van der Waals surface area (Å²) >= 11 is 0. The summed E-state index contributed by atoms with van der Waals surface area (Å²) in [5.41, 5.74) is 2.96. The minimum absolute atomic E-state index is 0.0808. The average Bonchev–Trinajstić information content (AvgIpc) is 3.22. The summed E-state index contributed by atoms with van der Waals surface area (Å²) in [5.74, 6) is 1.25. The zero-order valence-electron chi connectivity index (χ0n) is 16.4. The molecule has 9 heteroatoms. The highest BCUT2D eigenvalue weighted by Crippen LogP contribution is 2.35. The van der Waals surface area contributed by atoms with Crippen LogP contribution in [0.5, 0.6) is 0 Å². The Balaban J connectivity index is 1.38. The lowest BCUT2D eigenvalue weighted by molar-refractivity contribution is 0.0583. The maximum Gasteiger partial charge on any atom is 0.274 e. The van der Waals surface area contributed by atoms with Crippen molar-refractivity contribution in [2.75, 3.05) is 24.5 Å². The number of pyridine rings is 1. The molecule has 0 aliphatic carbocycles. The van der Waals surface area contributed by atoms with Crippen LogP contribution in [-0.2, 0) is 0 Å². The van der Waals surface area contributed by atoms with Crippen molar-refractivity contribution >= 4 is 11.9 Å². The van der Waals surface area contributed by atoms with Crippen molar-refractivity contribution in [1.29, 1.82) is 0 Å². The predicted molar refractivity (Wildman–Crippen MR) is 106 cm³/mol. The molecule has 2 fully saturated rings. The van der Waals surface area contributed by atoms with E-state index in [4.69, 9.17) is 0 Å². The summed E-state index contributed by atoms with van der Waals surface area (Å²) in [6.45, 7) is 6.29. The summed E-state index contributed by atoms with van der Waals surface area (Å²) < 4.78 is 1.58. The Hall–Kier alpha value is -3.36. The maximum atomic E-state index is 13.3. The number of amides is 1. The van der Waals surface area contributed by atoms with Gasteiger partial charge in [0, 0.05) is 43.1 Å². The molecule has 1 amide bonds. The lowest BCUT2D eigenvalue weighted by Crippen LogP contribution is -2.65. The summed E-state index contributed by atoms with van der Waals surface area (Å²) in [6, 6.07) is 5.85. The number of hydrogen-bond donors (Lipinski definition) is 0. The Morgan fingerprint density at radius 3 is 2.72 bits per heavy atom. The van der Waals surface area contributed by atoms with E-state index in [1.54, 1.807) is 29.3 Å². The Bertz CT molecular complexity index is 1030. The van der Waals surface area contributed by atoms with Gasteiger partial charge in [0.25, 0.3) is 5.91 Å². The monoisotopic (exact) mass is 390 g/mol. The fraction of sp³-hybridized carbons (Fsp3) is 0.400. The maximum absolute atomic E-state index is 13.3. The molecule has 2 aliphatic heterocycles. The third-order valence-corrected chi connectivity index (χ3v) is 5.73. The van der Waals surface area contributed by atoms with Crippen molar-refractivity contribution in [2.24, 2.45) is 5.92 Å². The molecule has 2 aliphatic rings. The number of rotatable bonds is 3. The average molecular weight is 390 g/mol. The van der Waals surface area contributed by atoms with E-state index in [-0.39, 0.29) is 11.9 Å². The Morgan fingerprint density at radius 2 is 1.97 bits per heavy atom. The van der Waals surface area contributed by atoms with Gasteiger partial charge < -0.3 is 9.80 Å². The first-order valence-corrected chi connectivity index (χ1v) is 9.80. The van der Waals surface area contributed by atoms with Gasteiger partial charge in [0.15, 0.2) is 5.69 Å². The fourth-order valence-corrected chi connectivity index (χ4v) is 4.28. The molecule has 148 valence electrons. The smallest absolute Gasteiger partial charge is 0.274 e. The summed E-state index contributed by atoms with van der Waals surface area (Å²) in [4.78, 5) is 31.0. The van der Waals surface area contributed by atoms with E-state index >= 15 is 0 Å². The van der Waals surface area contributed by atoms with Crippen LogP contribution in [0.15, 0.2) is 36.8 Å². The Morgan fingerprint density at radius 1 is 1.14 bits per heavy atom. The highest BCUT2D eigenvalue weighted by Gasteiger charge is 2.45. The molecule has 0 N–H and O–H groups in total. The van der Waals surface area contributed by atoms with E-state index in [2.05, 4.69) is 30.2 Å². The Labute approximate surface area is 168 Å². The summed E-state index contributed by atoms with van der Waals surface area (Å²) in [6.07, 6.45) is 5.91. The molecule has 0 bridgehead atoms. The van der Waals surface area contributed by atoms with Gasteiger partial charge in [0.1, 0.15) is 0 Å². The number of piperidine rings is 1. The van der Waals surface area contributed by atoms with E-state index in [0.29, 0.717) is 23.8 Å². The number of nitrogens with zero attached hydrogens (tertiary/aromatic N) is 8. The van der Waals surface area contributed by atoms with E-state index in [1.165, 1.54) is 0 Å². The van der Waals surface area contributed by atoms with Crippen LogP contribution in [0.2, 0.25) is 0 Å². The molecule has 2 atom stereocenters. The van der Waals surface area contributed by atoms with Gasteiger partial charge in [-0.3, -0.25) is 4.79 Å². The molecular formula is C20H22N8O. The first-order valence-electron chi connectivity index (χ1n) is 9.80. The van der Waals surface area contributed by atoms with Gasteiger partial charge in [0.2, 0.25) is 5.95 Å². The minimum Gasteiger partial charge on any atom is -0.335 e. The molecule has 5 heterocycles.